The van der Waals surface area contributed by atoms with E-state index >= 15 is 0 Å². The van der Waals surface area contributed by atoms with Gasteiger partial charge >= 0.3 is 0 Å². The molecule has 0 amide bonds. The monoisotopic (exact) mass is 590 g/mol. The van der Waals surface area contributed by atoms with Crippen molar-refractivity contribution < 1.29 is 21.6 Å². The molecule has 0 saturated heterocycles. The highest BCUT2D eigenvalue weighted by molar-refractivity contribution is 7.89. The maximum Gasteiger partial charge on any atom is 0.276 e. The lowest BCUT2D eigenvalue weighted by molar-refractivity contribution is 0.215. The van der Waals surface area contributed by atoms with E-state index in [0.717, 1.165) is 11.1 Å². The van der Waals surface area contributed by atoms with Gasteiger partial charge in [0.25, 0.3) is 20.0 Å². The largest absolute Gasteiger partial charge is 0.369 e. The normalized spacial score (nSPS) is 12.6. The fourth-order valence-corrected chi connectivity index (χ4v) is 5.30. The van der Waals surface area contributed by atoms with Crippen LogP contribution in [0.4, 0.5) is 0 Å². The zero-order valence-electron chi connectivity index (χ0n) is 22.6. The van der Waals surface area contributed by atoms with Crippen LogP contribution in [0.3, 0.4) is 0 Å². The molecule has 4 rings (SSSR count). The lowest BCUT2D eigenvalue weighted by Crippen LogP contribution is -2.25. The van der Waals surface area contributed by atoms with E-state index in [9.17, 15) is 16.8 Å². The van der Waals surface area contributed by atoms with E-state index in [1.54, 1.807) is 72.8 Å². The average Bonchev–Trinajstić information content (AvgIpc) is 2.98. The van der Waals surface area contributed by atoms with Crippen LogP contribution in [0.5, 0.6) is 0 Å². The minimum atomic E-state index is -3.91. The summed E-state index contributed by atoms with van der Waals surface area (Å²) >= 11 is 0. The molecular formula is C30H30N4O5S2. The molecule has 0 fully saturated rings. The number of ether oxygens (including phenoxy) is 1. The lowest BCUT2D eigenvalue weighted by atomic mass is 10.1. The van der Waals surface area contributed by atoms with E-state index in [-0.39, 0.29) is 23.0 Å². The molecule has 212 valence electrons. The highest BCUT2D eigenvalue weighted by Crippen LogP contribution is 2.12. The Labute approximate surface area is 240 Å². The molecule has 0 unspecified atom stereocenters. The summed E-state index contributed by atoms with van der Waals surface area (Å²) in [6, 6.07) is 30.8. The molecule has 0 saturated carbocycles. The number of rotatable bonds is 12. The first kappa shape index (κ1) is 29.7. The Hall–Kier alpha value is -4.32. The summed E-state index contributed by atoms with van der Waals surface area (Å²) in [6.07, 6.45) is 0. The molecular weight excluding hydrogens is 560 g/mol. The van der Waals surface area contributed by atoms with Crippen molar-refractivity contribution in [2.75, 3.05) is 13.2 Å². The van der Waals surface area contributed by atoms with E-state index < -0.39 is 20.0 Å². The summed E-state index contributed by atoms with van der Waals surface area (Å²) in [5, 5.41) is 8.34. The average molecular weight is 591 g/mol. The molecule has 0 bridgehead atoms. The number of nitrogens with one attached hydrogen (secondary N) is 2. The summed E-state index contributed by atoms with van der Waals surface area (Å²) < 4.78 is 57.2. The van der Waals surface area contributed by atoms with Crippen molar-refractivity contribution in [3.63, 3.8) is 0 Å². The second-order valence-corrected chi connectivity index (χ2v) is 12.5. The van der Waals surface area contributed by atoms with Gasteiger partial charge in [-0.15, -0.1) is 0 Å². The Bertz CT molecular complexity index is 1590. The first-order chi connectivity index (χ1) is 19.6. The molecule has 2 N–H and O–H groups in total. The molecule has 41 heavy (non-hydrogen) atoms. The van der Waals surface area contributed by atoms with Gasteiger partial charge in [0.2, 0.25) is 0 Å². The van der Waals surface area contributed by atoms with Crippen LogP contribution in [0.2, 0.25) is 0 Å². The van der Waals surface area contributed by atoms with Crippen LogP contribution in [-0.4, -0.2) is 41.5 Å². The van der Waals surface area contributed by atoms with Crippen LogP contribution in [0.25, 0.3) is 0 Å². The van der Waals surface area contributed by atoms with Crippen LogP contribution in [0.1, 0.15) is 22.3 Å². The Balaban J connectivity index is 1.54. The van der Waals surface area contributed by atoms with Crippen molar-refractivity contribution in [3.05, 3.63) is 131 Å². The van der Waals surface area contributed by atoms with Gasteiger partial charge in [-0.3, -0.25) is 0 Å². The zero-order chi connectivity index (χ0) is 29.3. The second kappa shape index (κ2) is 13.4. The fourth-order valence-electron chi connectivity index (χ4n) is 3.64. The molecule has 0 spiro atoms. The molecule has 0 aliphatic rings. The Morgan fingerprint density at radius 2 is 0.902 bits per heavy atom. The highest BCUT2D eigenvalue weighted by atomic mass is 32.2. The van der Waals surface area contributed by atoms with Crippen LogP contribution in [0.15, 0.2) is 129 Å². The molecule has 0 aromatic heterocycles. The van der Waals surface area contributed by atoms with E-state index in [2.05, 4.69) is 19.9 Å². The molecule has 0 aliphatic carbocycles. The Morgan fingerprint density at radius 1 is 0.561 bits per heavy atom. The van der Waals surface area contributed by atoms with Gasteiger partial charge in [0.1, 0.15) is 0 Å². The van der Waals surface area contributed by atoms with E-state index in [4.69, 9.17) is 4.74 Å². The highest BCUT2D eigenvalue weighted by Gasteiger charge is 2.16. The molecule has 0 heterocycles. The number of sulfonamides is 2. The minimum absolute atomic E-state index is 0.0829. The van der Waals surface area contributed by atoms with E-state index in [1.807, 2.05) is 26.0 Å². The third-order valence-corrected chi connectivity index (χ3v) is 8.40. The molecule has 4 aromatic carbocycles. The van der Waals surface area contributed by atoms with Gasteiger partial charge in [-0.05, 0) is 38.1 Å². The van der Waals surface area contributed by atoms with Crippen molar-refractivity contribution in [1.82, 2.24) is 9.66 Å². The lowest BCUT2D eigenvalue weighted by Gasteiger charge is -2.12. The maximum absolute atomic E-state index is 12.8. The van der Waals surface area contributed by atoms with Crippen molar-refractivity contribution in [1.29, 1.82) is 0 Å². The first-order valence-corrected chi connectivity index (χ1v) is 15.6. The molecule has 9 nitrogen and oxygen atoms in total. The van der Waals surface area contributed by atoms with Crippen LogP contribution < -0.4 is 9.66 Å². The molecule has 11 heteroatoms. The number of hydrazone groups is 2. The number of hydrogen-bond donors (Lipinski definition) is 2. The molecule has 4 aromatic rings. The van der Waals surface area contributed by atoms with Gasteiger partial charge in [0, 0.05) is 11.1 Å². The van der Waals surface area contributed by atoms with E-state index in [1.165, 1.54) is 24.3 Å². The van der Waals surface area contributed by atoms with Crippen molar-refractivity contribution in [2.24, 2.45) is 10.2 Å². The molecule has 0 radical (unpaired) electrons. The SMILES string of the molecule is Cc1ccc(S(=O)(=O)N/N=C(/COC/C(=N/NS(=O)(=O)c2ccc(C)cc2)c2ccccc2)c2ccccc2)cc1. The second-order valence-electron chi connectivity index (χ2n) is 9.16. The number of benzene rings is 4. The predicted octanol–water partition coefficient (Wildman–Crippen LogP) is 4.39. The van der Waals surface area contributed by atoms with Gasteiger partial charge < -0.3 is 4.74 Å². The van der Waals surface area contributed by atoms with Gasteiger partial charge in [-0.25, -0.2) is 0 Å². The Kier molecular flexibility index (Phi) is 9.66. The number of nitrogens with zero attached hydrogens (tertiary/aromatic N) is 2. The number of aryl methyl sites for hydroxylation is 2. The van der Waals surface area contributed by atoms with Gasteiger partial charge in [0.05, 0.1) is 34.4 Å². The third kappa shape index (κ3) is 8.34. The topological polar surface area (TPSA) is 126 Å². The van der Waals surface area contributed by atoms with Gasteiger partial charge in [-0.1, -0.05) is 96.1 Å². The summed E-state index contributed by atoms with van der Waals surface area (Å²) in [5.74, 6) is 0. The zero-order valence-corrected chi connectivity index (χ0v) is 24.2. The van der Waals surface area contributed by atoms with E-state index in [0.29, 0.717) is 22.6 Å². The van der Waals surface area contributed by atoms with Crippen LogP contribution >= 0.6 is 0 Å². The molecule has 0 atom stereocenters. The third-order valence-electron chi connectivity index (χ3n) is 5.96. The van der Waals surface area contributed by atoms with Gasteiger partial charge in [0.15, 0.2) is 0 Å². The quantitative estimate of drug-likeness (QED) is 0.187. The molecule has 0 aliphatic heterocycles. The summed E-state index contributed by atoms with van der Waals surface area (Å²) in [7, 11) is -7.82. The fraction of sp³-hybridized carbons (Fsp3) is 0.133. The smallest absolute Gasteiger partial charge is 0.276 e. The van der Waals surface area contributed by atoms with Crippen LogP contribution in [0, 0.1) is 13.8 Å². The summed E-state index contributed by atoms with van der Waals surface area (Å²) in [6.45, 7) is 3.56. The maximum atomic E-state index is 12.8. The predicted molar refractivity (Wildman–Crippen MR) is 160 cm³/mol. The van der Waals surface area contributed by atoms with Crippen LogP contribution in [-0.2, 0) is 24.8 Å². The standard InChI is InChI=1S/C30H30N4O5S2/c1-23-13-17-27(18-14-23)40(35,36)33-31-29(25-9-5-3-6-10-25)21-39-22-30(26-11-7-4-8-12-26)32-34-41(37,38)28-19-15-24(2)16-20-28/h3-20,33-34H,21-22H2,1-2H3/b31-29-,32-30-. The van der Waals surface area contributed by atoms with Crippen molar-refractivity contribution >= 4 is 31.5 Å². The van der Waals surface area contributed by atoms with Crippen molar-refractivity contribution in [3.8, 4) is 0 Å². The summed E-state index contributed by atoms with van der Waals surface area (Å²) in [5.41, 5.74) is 3.82. The minimum Gasteiger partial charge on any atom is -0.369 e. The van der Waals surface area contributed by atoms with Crippen molar-refractivity contribution in [2.45, 2.75) is 23.6 Å². The number of hydrogen-bond acceptors (Lipinski definition) is 7. The Morgan fingerprint density at radius 3 is 1.24 bits per heavy atom. The van der Waals surface area contributed by atoms with Gasteiger partial charge in [-0.2, -0.15) is 36.7 Å². The summed E-state index contributed by atoms with van der Waals surface area (Å²) in [4.78, 5) is 4.74. The first-order valence-electron chi connectivity index (χ1n) is 12.6.